The van der Waals surface area contributed by atoms with Gasteiger partial charge in [-0.15, -0.1) is 0 Å². The number of carbonyl (C=O) groups excluding carboxylic acids is 2. The average Bonchev–Trinajstić information content (AvgIpc) is 3.99. The third kappa shape index (κ3) is 7.28. The second-order valence-electron chi connectivity index (χ2n) is 17.1. The number of hydrogen-bond acceptors (Lipinski definition) is 8. The monoisotopic (exact) mass is 731 g/mol. The standard InChI is InChI=1S/C44H57N7O3/c1-6-50-39-15-12-31-23-34(39)36(41(50)35-24-33(26-46-40(35)28(2)3)49-19-17-48(18-20-49)32-13-14-32)25-44(4,5)27-54-43(53)38-11-8-16-51(47-38)42(52)37(45)22-29-9-7-10-30(31)21-29/h7,9-10,12,15,21,23-24,26,28,32,37-38,47H,6,8,11,13-14,16-20,22,25,27,45H2,1-5H3/t37-,38-/m0/s1. The maximum Gasteiger partial charge on any atom is 0.324 e. The van der Waals surface area contributed by atoms with Crippen LogP contribution in [-0.4, -0.2) is 88.8 Å². The fourth-order valence-corrected chi connectivity index (χ4v) is 8.92. The summed E-state index contributed by atoms with van der Waals surface area (Å²) in [6, 6.07) is 17.1. The van der Waals surface area contributed by atoms with E-state index < -0.39 is 17.5 Å². The summed E-state index contributed by atoms with van der Waals surface area (Å²) >= 11 is 0. The number of nitrogens with zero attached hydrogens (tertiary/aromatic N) is 5. The molecule has 2 saturated heterocycles. The van der Waals surface area contributed by atoms with Crippen molar-refractivity contribution in [1.82, 2.24) is 24.9 Å². The Morgan fingerprint density at radius 1 is 0.981 bits per heavy atom. The number of aryl methyl sites for hydroxylation is 1. The Kier molecular flexibility index (Phi) is 10.0. The molecule has 3 N–H and O–H groups in total. The number of piperazine rings is 1. The van der Waals surface area contributed by atoms with E-state index >= 15 is 0 Å². The van der Waals surface area contributed by atoms with Gasteiger partial charge in [0.1, 0.15) is 6.04 Å². The first-order valence-corrected chi connectivity index (χ1v) is 20.2. The zero-order chi connectivity index (χ0) is 37.7. The largest absolute Gasteiger partial charge is 0.464 e. The molecule has 2 aromatic carbocycles. The van der Waals surface area contributed by atoms with E-state index in [-0.39, 0.29) is 24.4 Å². The number of pyridine rings is 1. The van der Waals surface area contributed by atoms with E-state index in [1.54, 1.807) is 0 Å². The summed E-state index contributed by atoms with van der Waals surface area (Å²) in [5, 5.41) is 2.73. The number of esters is 1. The van der Waals surface area contributed by atoms with Crippen LogP contribution in [0.5, 0.6) is 0 Å². The maximum absolute atomic E-state index is 13.6. The lowest BCUT2D eigenvalue weighted by molar-refractivity contribution is -0.154. The van der Waals surface area contributed by atoms with Gasteiger partial charge in [-0.05, 0) is 91.8 Å². The minimum atomic E-state index is -0.739. The molecule has 3 fully saturated rings. The van der Waals surface area contributed by atoms with Gasteiger partial charge in [-0.2, -0.15) is 0 Å². The van der Waals surface area contributed by atoms with Crippen LogP contribution in [0.15, 0.2) is 54.7 Å². The van der Waals surface area contributed by atoms with Crippen molar-refractivity contribution in [2.75, 3.05) is 44.2 Å². The smallest absolute Gasteiger partial charge is 0.324 e. The van der Waals surface area contributed by atoms with Gasteiger partial charge in [-0.3, -0.25) is 24.5 Å². The van der Waals surface area contributed by atoms with Crippen LogP contribution in [0.2, 0.25) is 0 Å². The minimum Gasteiger partial charge on any atom is -0.464 e. The molecule has 1 saturated carbocycles. The maximum atomic E-state index is 13.6. The summed E-state index contributed by atoms with van der Waals surface area (Å²) in [5.74, 6) is -0.315. The van der Waals surface area contributed by atoms with E-state index in [9.17, 15) is 9.59 Å². The fourth-order valence-electron chi connectivity index (χ4n) is 8.92. The summed E-state index contributed by atoms with van der Waals surface area (Å²) in [5.41, 5.74) is 19.6. The molecule has 5 heterocycles. The number of hydrogen-bond donors (Lipinski definition) is 2. The first kappa shape index (κ1) is 36.7. The number of amides is 1. The van der Waals surface area contributed by atoms with Crippen LogP contribution in [0.25, 0.3) is 33.3 Å². The van der Waals surface area contributed by atoms with Gasteiger partial charge in [-0.1, -0.05) is 58.0 Å². The highest BCUT2D eigenvalue weighted by Gasteiger charge is 2.35. The minimum absolute atomic E-state index is 0.210. The van der Waals surface area contributed by atoms with E-state index in [0.717, 1.165) is 61.1 Å². The van der Waals surface area contributed by atoms with Gasteiger partial charge < -0.3 is 19.9 Å². The number of carbonyl (C=O) groups is 2. The highest BCUT2D eigenvalue weighted by atomic mass is 16.5. The number of fused-ring (bicyclic) bond motifs is 6. The lowest BCUT2D eigenvalue weighted by Crippen LogP contribution is -2.59. The first-order chi connectivity index (χ1) is 26.0. The molecule has 0 spiro atoms. The fraction of sp³-hybridized carbons (Fsp3) is 0.523. The lowest BCUT2D eigenvalue weighted by atomic mass is 9.83. The lowest BCUT2D eigenvalue weighted by Gasteiger charge is -2.36. The second kappa shape index (κ2) is 14.8. The Hall–Kier alpha value is -4.25. The number of ether oxygens (including phenoxy) is 1. The summed E-state index contributed by atoms with van der Waals surface area (Å²) in [7, 11) is 0. The van der Waals surface area contributed by atoms with Crippen molar-refractivity contribution in [3.63, 3.8) is 0 Å². The second-order valence-corrected chi connectivity index (χ2v) is 17.1. The number of nitrogens with two attached hydrogens (primary N) is 1. The zero-order valence-corrected chi connectivity index (χ0v) is 32.7. The molecule has 8 rings (SSSR count). The van der Waals surface area contributed by atoms with Crippen molar-refractivity contribution in [3.8, 4) is 22.4 Å². The molecule has 4 aromatic rings. The van der Waals surface area contributed by atoms with Crippen LogP contribution < -0.4 is 16.1 Å². The number of cyclic esters (lactones) is 1. The number of anilines is 1. The Morgan fingerprint density at radius 3 is 2.50 bits per heavy atom. The van der Waals surface area contributed by atoms with E-state index in [0.29, 0.717) is 32.2 Å². The van der Waals surface area contributed by atoms with Crippen LogP contribution in [0.4, 0.5) is 5.69 Å². The van der Waals surface area contributed by atoms with E-state index in [1.165, 1.54) is 51.3 Å². The average molecular weight is 732 g/mol. The Labute approximate surface area is 320 Å². The highest BCUT2D eigenvalue weighted by Crippen LogP contribution is 2.43. The topological polar surface area (TPSA) is 109 Å². The first-order valence-electron chi connectivity index (χ1n) is 20.2. The third-order valence-corrected chi connectivity index (χ3v) is 12.0. The quantitative estimate of drug-likeness (QED) is 0.231. The summed E-state index contributed by atoms with van der Waals surface area (Å²) in [6.45, 7) is 16.8. The van der Waals surface area contributed by atoms with Gasteiger partial charge >= 0.3 is 5.97 Å². The summed E-state index contributed by atoms with van der Waals surface area (Å²) in [4.78, 5) is 37.4. The molecule has 10 nitrogen and oxygen atoms in total. The Bertz CT molecular complexity index is 2040. The molecule has 0 unspecified atom stereocenters. The van der Waals surface area contributed by atoms with Crippen LogP contribution >= 0.6 is 0 Å². The molecule has 0 radical (unpaired) electrons. The summed E-state index contributed by atoms with van der Waals surface area (Å²) < 4.78 is 8.57. The van der Waals surface area contributed by atoms with E-state index in [2.05, 4.69) is 103 Å². The third-order valence-electron chi connectivity index (χ3n) is 12.0. The number of aromatic nitrogens is 2. The van der Waals surface area contributed by atoms with Gasteiger partial charge in [0.25, 0.3) is 5.91 Å². The van der Waals surface area contributed by atoms with Crippen molar-refractivity contribution in [2.45, 2.75) is 104 Å². The van der Waals surface area contributed by atoms with Gasteiger partial charge in [0.05, 0.1) is 35.9 Å². The van der Waals surface area contributed by atoms with E-state index in [1.807, 2.05) is 6.07 Å². The SMILES string of the molecule is CCn1c(-c2cc(N3CCN(C4CC4)CC3)cnc2C(C)C)c2c3cc(ccc31)-c1cccc(c1)C[C@H](N)C(=O)N1CCC[C@H](N1)C(=O)OCC(C)(C)C2. The molecule has 1 amide bonds. The van der Waals surface area contributed by atoms with Crippen LogP contribution in [-0.2, 0) is 33.7 Å². The van der Waals surface area contributed by atoms with Crippen molar-refractivity contribution >= 4 is 28.5 Å². The molecule has 6 bridgehead atoms. The van der Waals surface area contributed by atoms with Crippen molar-refractivity contribution < 1.29 is 14.3 Å². The zero-order valence-electron chi connectivity index (χ0n) is 32.7. The normalized spacial score (nSPS) is 22.8. The number of nitrogens with one attached hydrogen (secondary N) is 1. The summed E-state index contributed by atoms with van der Waals surface area (Å²) in [6.07, 6.45) is 7.17. The molecule has 3 aliphatic heterocycles. The molecule has 4 aliphatic rings. The van der Waals surface area contributed by atoms with Gasteiger partial charge in [0.2, 0.25) is 0 Å². The molecule has 10 heteroatoms. The molecule has 1 aliphatic carbocycles. The Balaban J connectivity index is 1.27. The van der Waals surface area contributed by atoms with Gasteiger partial charge in [-0.25, -0.2) is 5.43 Å². The molecule has 54 heavy (non-hydrogen) atoms. The molecular weight excluding hydrogens is 675 g/mol. The molecule has 2 atom stereocenters. The predicted molar refractivity (Wildman–Crippen MR) is 215 cm³/mol. The molecular formula is C44H57N7O3. The van der Waals surface area contributed by atoms with Crippen LogP contribution in [0.3, 0.4) is 0 Å². The van der Waals surface area contributed by atoms with E-state index in [4.69, 9.17) is 15.5 Å². The number of hydrazine groups is 1. The van der Waals surface area contributed by atoms with Crippen LogP contribution in [0.1, 0.15) is 83.0 Å². The van der Waals surface area contributed by atoms with Gasteiger partial charge in [0.15, 0.2) is 0 Å². The molecule has 2 aromatic heterocycles. The van der Waals surface area contributed by atoms with Crippen LogP contribution in [0, 0.1) is 5.41 Å². The number of rotatable bonds is 5. The van der Waals surface area contributed by atoms with Crippen molar-refractivity contribution in [1.29, 1.82) is 0 Å². The van der Waals surface area contributed by atoms with Crippen molar-refractivity contribution in [3.05, 3.63) is 71.5 Å². The Morgan fingerprint density at radius 2 is 1.76 bits per heavy atom. The number of benzene rings is 2. The highest BCUT2D eigenvalue weighted by molar-refractivity contribution is 5.95. The van der Waals surface area contributed by atoms with Gasteiger partial charge in [0, 0.05) is 67.2 Å². The van der Waals surface area contributed by atoms with Crippen molar-refractivity contribution in [2.24, 2.45) is 11.1 Å². The predicted octanol–water partition coefficient (Wildman–Crippen LogP) is 6.29. The molecule has 286 valence electrons.